The van der Waals surface area contributed by atoms with Crippen LogP contribution in [0.2, 0.25) is 0 Å². The Morgan fingerprint density at radius 3 is 2.94 bits per heavy atom. The van der Waals surface area contributed by atoms with Crippen molar-refractivity contribution in [2.45, 2.75) is 12.5 Å². The summed E-state index contributed by atoms with van der Waals surface area (Å²) in [5, 5.41) is 9.65. The first-order chi connectivity index (χ1) is 7.70. The molecule has 0 aliphatic heterocycles. The van der Waals surface area contributed by atoms with Gasteiger partial charge in [0.25, 0.3) is 0 Å². The number of nitrogens with zero attached hydrogens (tertiary/aromatic N) is 2. The van der Waals surface area contributed by atoms with Gasteiger partial charge in [0.15, 0.2) is 0 Å². The van der Waals surface area contributed by atoms with Gasteiger partial charge in [-0.05, 0) is 35.1 Å². The van der Waals surface area contributed by atoms with Crippen molar-refractivity contribution in [3.8, 4) is 0 Å². The Labute approximate surface area is 108 Å². The van der Waals surface area contributed by atoms with Crippen LogP contribution in [0.1, 0.15) is 16.6 Å². The van der Waals surface area contributed by atoms with Crippen LogP contribution in [0.5, 0.6) is 0 Å². The van der Waals surface area contributed by atoms with Gasteiger partial charge in [-0.3, -0.25) is 4.68 Å². The Balaban J connectivity index is 2.15. The van der Waals surface area contributed by atoms with Gasteiger partial charge >= 0.3 is 0 Å². The molecule has 3 nitrogen and oxygen atoms in total. The predicted molar refractivity (Wildman–Crippen MR) is 70.7 cm³/mol. The van der Waals surface area contributed by atoms with Gasteiger partial charge in [-0.25, -0.2) is 0 Å². The number of hydrogen-bond donors (Lipinski definition) is 1. The van der Waals surface area contributed by atoms with Crippen molar-refractivity contribution in [1.82, 2.24) is 15.1 Å². The van der Waals surface area contributed by atoms with E-state index in [1.54, 1.807) is 11.3 Å². The first-order valence-corrected chi connectivity index (χ1v) is 6.76. The van der Waals surface area contributed by atoms with Crippen LogP contribution in [0, 0.1) is 0 Å². The quantitative estimate of drug-likeness (QED) is 0.941. The molecule has 2 heterocycles. The fourth-order valence-electron chi connectivity index (χ4n) is 1.74. The molecule has 0 aliphatic rings. The summed E-state index contributed by atoms with van der Waals surface area (Å²) in [6.45, 7) is 0. The van der Waals surface area contributed by atoms with Crippen LogP contribution in [-0.4, -0.2) is 16.8 Å². The molecular formula is C11H14BrN3S. The number of halogens is 1. The largest absolute Gasteiger partial charge is 0.311 e. The highest BCUT2D eigenvalue weighted by Gasteiger charge is 2.14. The van der Waals surface area contributed by atoms with E-state index in [4.69, 9.17) is 0 Å². The molecule has 1 N–H and O–H groups in total. The van der Waals surface area contributed by atoms with E-state index in [2.05, 4.69) is 43.9 Å². The molecule has 0 aliphatic carbocycles. The summed E-state index contributed by atoms with van der Waals surface area (Å²) < 4.78 is 3.08. The average Bonchev–Trinajstić information content (AvgIpc) is 2.84. The molecule has 2 aromatic heterocycles. The second kappa shape index (κ2) is 5.12. The molecule has 16 heavy (non-hydrogen) atoms. The number of hydrogen-bond acceptors (Lipinski definition) is 3. The van der Waals surface area contributed by atoms with Crippen LogP contribution < -0.4 is 5.32 Å². The van der Waals surface area contributed by atoms with E-state index in [0.717, 1.165) is 10.9 Å². The van der Waals surface area contributed by atoms with Gasteiger partial charge in [0.05, 0.1) is 11.7 Å². The van der Waals surface area contributed by atoms with Gasteiger partial charge in [-0.1, -0.05) is 0 Å². The summed E-state index contributed by atoms with van der Waals surface area (Å²) in [6.07, 6.45) is 2.83. The van der Waals surface area contributed by atoms with E-state index in [1.807, 2.05) is 25.0 Å². The van der Waals surface area contributed by atoms with Crippen molar-refractivity contribution in [1.29, 1.82) is 0 Å². The Morgan fingerprint density at radius 2 is 2.44 bits per heavy atom. The predicted octanol–water partition coefficient (Wildman–Crippen LogP) is 2.75. The average molecular weight is 300 g/mol. The Kier molecular flexibility index (Phi) is 3.78. The monoisotopic (exact) mass is 299 g/mol. The van der Waals surface area contributed by atoms with Crippen LogP contribution in [-0.2, 0) is 13.5 Å². The Hall–Kier alpha value is -0.650. The van der Waals surface area contributed by atoms with E-state index in [-0.39, 0.29) is 0 Å². The normalized spacial score (nSPS) is 12.9. The molecule has 0 saturated heterocycles. The van der Waals surface area contributed by atoms with Gasteiger partial charge in [0.1, 0.15) is 0 Å². The summed E-state index contributed by atoms with van der Waals surface area (Å²) >= 11 is 5.26. The zero-order valence-corrected chi connectivity index (χ0v) is 11.7. The van der Waals surface area contributed by atoms with E-state index >= 15 is 0 Å². The fraction of sp³-hybridized carbons (Fsp3) is 0.364. The third kappa shape index (κ3) is 2.53. The highest BCUT2D eigenvalue weighted by molar-refractivity contribution is 9.10. The van der Waals surface area contributed by atoms with Crippen molar-refractivity contribution in [3.05, 3.63) is 38.8 Å². The molecule has 0 amide bonds. The van der Waals surface area contributed by atoms with Crippen LogP contribution in [0.25, 0.3) is 0 Å². The maximum absolute atomic E-state index is 4.20. The SMILES string of the molecule is CNC(Cc1cc(Br)cs1)c1ccnn1C. The summed E-state index contributed by atoms with van der Waals surface area (Å²) in [6, 6.07) is 4.55. The number of thiophene rings is 1. The van der Waals surface area contributed by atoms with E-state index in [1.165, 1.54) is 10.6 Å². The van der Waals surface area contributed by atoms with Crippen LogP contribution in [0.15, 0.2) is 28.2 Å². The molecule has 0 fully saturated rings. The zero-order chi connectivity index (χ0) is 11.5. The third-order valence-electron chi connectivity index (χ3n) is 2.59. The first-order valence-electron chi connectivity index (χ1n) is 5.09. The third-order valence-corrected chi connectivity index (χ3v) is 4.31. The maximum Gasteiger partial charge on any atom is 0.0553 e. The molecule has 1 atom stereocenters. The Morgan fingerprint density at radius 1 is 1.62 bits per heavy atom. The Bertz CT molecular complexity index is 463. The topological polar surface area (TPSA) is 29.9 Å². The second-order valence-corrected chi connectivity index (χ2v) is 5.57. The smallest absolute Gasteiger partial charge is 0.0553 e. The zero-order valence-electron chi connectivity index (χ0n) is 9.27. The molecule has 0 aromatic carbocycles. The van der Waals surface area contributed by atoms with E-state index < -0.39 is 0 Å². The van der Waals surface area contributed by atoms with Gasteiger partial charge in [0, 0.05) is 34.4 Å². The van der Waals surface area contributed by atoms with Gasteiger partial charge < -0.3 is 5.32 Å². The molecule has 0 radical (unpaired) electrons. The standard InChI is InChI=1S/C11H14BrN3S/c1-13-10(11-3-4-14-15(11)2)6-9-5-8(12)7-16-9/h3-5,7,10,13H,6H2,1-2H3. The minimum absolute atomic E-state index is 0.318. The van der Waals surface area contributed by atoms with Crippen molar-refractivity contribution in [2.75, 3.05) is 7.05 Å². The van der Waals surface area contributed by atoms with Crippen LogP contribution >= 0.6 is 27.3 Å². The fourth-order valence-corrected chi connectivity index (χ4v) is 3.24. The summed E-state index contributed by atoms with van der Waals surface area (Å²) in [4.78, 5) is 1.37. The number of nitrogens with one attached hydrogen (secondary N) is 1. The molecule has 2 aromatic rings. The lowest BCUT2D eigenvalue weighted by molar-refractivity contribution is 0.540. The van der Waals surface area contributed by atoms with Crippen molar-refractivity contribution in [2.24, 2.45) is 7.05 Å². The molecule has 0 spiro atoms. The second-order valence-electron chi connectivity index (χ2n) is 3.66. The lowest BCUT2D eigenvalue weighted by atomic mass is 10.1. The van der Waals surface area contributed by atoms with Crippen molar-refractivity contribution < 1.29 is 0 Å². The molecule has 2 rings (SSSR count). The minimum atomic E-state index is 0.318. The number of likely N-dealkylation sites (N-methyl/N-ethyl adjacent to an activating group) is 1. The molecule has 0 saturated carbocycles. The highest BCUT2D eigenvalue weighted by Crippen LogP contribution is 2.25. The number of aromatic nitrogens is 2. The van der Waals surface area contributed by atoms with Crippen LogP contribution in [0.3, 0.4) is 0 Å². The van der Waals surface area contributed by atoms with Gasteiger partial charge in [-0.2, -0.15) is 5.10 Å². The molecule has 0 bridgehead atoms. The molecule has 5 heteroatoms. The number of aryl methyl sites for hydroxylation is 1. The van der Waals surface area contributed by atoms with Crippen molar-refractivity contribution >= 4 is 27.3 Å². The summed E-state index contributed by atoms with van der Waals surface area (Å²) in [7, 11) is 3.96. The highest BCUT2D eigenvalue weighted by atomic mass is 79.9. The lowest BCUT2D eigenvalue weighted by Gasteiger charge is -2.15. The maximum atomic E-state index is 4.20. The number of rotatable bonds is 4. The van der Waals surface area contributed by atoms with Crippen molar-refractivity contribution in [3.63, 3.8) is 0 Å². The van der Waals surface area contributed by atoms with Gasteiger partial charge in [-0.15, -0.1) is 11.3 Å². The molecule has 86 valence electrons. The molecular weight excluding hydrogens is 286 g/mol. The summed E-state index contributed by atoms with van der Waals surface area (Å²) in [5.41, 5.74) is 1.21. The van der Waals surface area contributed by atoms with E-state index in [9.17, 15) is 0 Å². The molecule has 1 unspecified atom stereocenters. The van der Waals surface area contributed by atoms with Gasteiger partial charge in [0.2, 0.25) is 0 Å². The minimum Gasteiger partial charge on any atom is -0.311 e. The lowest BCUT2D eigenvalue weighted by Crippen LogP contribution is -2.21. The van der Waals surface area contributed by atoms with Crippen LogP contribution in [0.4, 0.5) is 0 Å². The summed E-state index contributed by atoms with van der Waals surface area (Å²) in [5.74, 6) is 0. The van der Waals surface area contributed by atoms with E-state index in [0.29, 0.717) is 6.04 Å². The first kappa shape index (κ1) is 11.8.